The lowest BCUT2D eigenvalue weighted by atomic mass is 10.1. The summed E-state index contributed by atoms with van der Waals surface area (Å²) in [5.41, 5.74) is 3.27. The summed E-state index contributed by atoms with van der Waals surface area (Å²) in [5, 5.41) is 7.10. The van der Waals surface area contributed by atoms with E-state index in [0.29, 0.717) is 18.8 Å². The Hall–Kier alpha value is -3.19. The topological polar surface area (TPSA) is 72.3 Å². The van der Waals surface area contributed by atoms with Crippen LogP contribution < -0.4 is 10.2 Å². The SMILES string of the molecule is O=C(Nc1ccccc1N1CCOCC1)c1ccc(-n2cncn2)cc1. The molecule has 2 aromatic carbocycles. The molecule has 4 rings (SSSR count). The highest BCUT2D eigenvalue weighted by molar-refractivity contribution is 6.06. The lowest BCUT2D eigenvalue weighted by Crippen LogP contribution is -2.36. The molecule has 7 heteroatoms. The van der Waals surface area contributed by atoms with Gasteiger partial charge in [-0.25, -0.2) is 9.67 Å². The van der Waals surface area contributed by atoms with Crippen molar-refractivity contribution in [2.75, 3.05) is 36.5 Å². The number of benzene rings is 2. The predicted molar refractivity (Wildman–Crippen MR) is 98.8 cm³/mol. The average molecular weight is 349 g/mol. The molecular weight excluding hydrogens is 330 g/mol. The Bertz CT molecular complexity index is 871. The van der Waals surface area contributed by atoms with Crippen LogP contribution in [0.25, 0.3) is 5.69 Å². The highest BCUT2D eigenvalue weighted by atomic mass is 16.5. The van der Waals surface area contributed by atoms with Gasteiger partial charge in [-0.05, 0) is 36.4 Å². The highest BCUT2D eigenvalue weighted by Crippen LogP contribution is 2.26. The Kier molecular flexibility index (Phi) is 4.61. The van der Waals surface area contributed by atoms with Crippen LogP contribution in [0.5, 0.6) is 0 Å². The molecule has 0 saturated carbocycles. The number of hydrogen-bond donors (Lipinski definition) is 1. The smallest absolute Gasteiger partial charge is 0.255 e. The maximum Gasteiger partial charge on any atom is 0.255 e. The monoisotopic (exact) mass is 349 g/mol. The third-order valence-corrected chi connectivity index (χ3v) is 4.32. The molecule has 0 bridgehead atoms. The normalized spacial score (nSPS) is 14.2. The van der Waals surface area contributed by atoms with E-state index in [2.05, 4.69) is 20.3 Å². The van der Waals surface area contributed by atoms with Gasteiger partial charge in [0.05, 0.1) is 30.3 Å². The Labute approximate surface area is 151 Å². The van der Waals surface area contributed by atoms with Crippen molar-refractivity contribution in [3.63, 3.8) is 0 Å². The fraction of sp³-hybridized carbons (Fsp3) is 0.211. The molecule has 0 unspecified atom stereocenters. The van der Waals surface area contributed by atoms with Crippen molar-refractivity contribution in [1.82, 2.24) is 14.8 Å². The summed E-state index contributed by atoms with van der Waals surface area (Å²) >= 11 is 0. The summed E-state index contributed by atoms with van der Waals surface area (Å²) in [5.74, 6) is -0.143. The van der Waals surface area contributed by atoms with E-state index in [0.717, 1.165) is 30.2 Å². The minimum Gasteiger partial charge on any atom is -0.378 e. The standard InChI is InChI=1S/C19H19N5O2/c25-19(15-5-7-16(8-6-15)24-14-20-13-21-24)22-17-3-1-2-4-18(17)23-9-11-26-12-10-23/h1-8,13-14H,9-12H2,(H,22,25). The van der Waals surface area contributed by atoms with E-state index in [-0.39, 0.29) is 5.91 Å². The van der Waals surface area contributed by atoms with Crippen molar-refractivity contribution >= 4 is 17.3 Å². The molecular formula is C19H19N5O2. The minimum absolute atomic E-state index is 0.143. The molecule has 1 N–H and O–H groups in total. The Balaban J connectivity index is 1.51. The largest absolute Gasteiger partial charge is 0.378 e. The van der Waals surface area contributed by atoms with Gasteiger partial charge < -0.3 is 15.0 Å². The van der Waals surface area contributed by atoms with Crippen LogP contribution in [-0.2, 0) is 4.74 Å². The van der Waals surface area contributed by atoms with E-state index in [1.165, 1.54) is 6.33 Å². The Morgan fingerprint density at radius 2 is 1.81 bits per heavy atom. The fourth-order valence-electron chi connectivity index (χ4n) is 2.96. The number of carbonyl (C=O) groups excluding carboxylic acids is 1. The van der Waals surface area contributed by atoms with Gasteiger partial charge in [-0.3, -0.25) is 4.79 Å². The van der Waals surface area contributed by atoms with Gasteiger partial charge in [0, 0.05) is 18.7 Å². The van der Waals surface area contributed by atoms with Crippen molar-refractivity contribution in [3.05, 3.63) is 66.7 Å². The van der Waals surface area contributed by atoms with Gasteiger partial charge in [-0.15, -0.1) is 0 Å². The zero-order valence-electron chi connectivity index (χ0n) is 14.2. The number of anilines is 2. The first kappa shape index (κ1) is 16.3. The quantitative estimate of drug-likeness (QED) is 0.783. The van der Waals surface area contributed by atoms with Crippen molar-refractivity contribution in [3.8, 4) is 5.69 Å². The number of rotatable bonds is 4. The molecule has 0 spiro atoms. The van der Waals surface area contributed by atoms with E-state index in [9.17, 15) is 4.79 Å². The Morgan fingerprint density at radius 1 is 1.04 bits per heavy atom. The number of para-hydroxylation sites is 2. The van der Waals surface area contributed by atoms with Gasteiger partial charge in [0.2, 0.25) is 0 Å². The van der Waals surface area contributed by atoms with Gasteiger partial charge in [0.25, 0.3) is 5.91 Å². The van der Waals surface area contributed by atoms with Gasteiger partial charge in [0.1, 0.15) is 12.7 Å². The number of ether oxygens (including phenoxy) is 1. The van der Waals surface area contributed by atoms with Gasteiger partial charge in [0.15, 0.2) is 0 Å². The Morgan fingerprint density at radius 3 is 2.54 bits per heavy atom. The van der Waals surface area contributed by atoms with E-state index >= 15 is 0 Å². The molecule has 0 aliphatic carbocycles. The molecule has 7 nitrogen and oxygen atoms in total. The highest BCUT2D eigenvalue weighted by Gasteiger charge is 2.16. The van der Waals surface area contributed by atoms with E-state index in [1.54, 1.807) is 23.1 Å². The third-order valence-electron chi connectivity index (χ3n) is 4.32. The molecule has 1 fully saturated rings. The van der Waals surface area contributed by atoms with E-state index in [1.807, 2.05) is 36.4 Å². The molecule has 1 saturated heterocycles. The zero-order chi connectivity index (χ0) is 17.8. The van der Waals surface area contributed by atoms with Crippen LogP contribution in [0.1, 0.15) is 10.4 Å². The first-order valence-corrected chi connectivity index (χ1v) is 8.49. The average Bonchev–Trinajstić information content (AvgIpc) is 3.24. The van der Waals surface area contributed by atoms with Gasteiger partial charge in [-0.2, -0.15) is 5.10 Å². The molecule has 26 heavy (non-hydrogen) atoms. The summed E-state index contributed by atoms with van der Waals surface area (Å²) in [6.45, 7) is 3.04. The van der Waals surface area contributed by atoms with Crippen molar-refractivity contribution in [2.45, 2.75) is 0 Å². The van der Waals surface area contributed by atoms with E-state index in [4.69, 9.17) is 4.74 Å². The van der Waals surface area contributed by atoms with Crippen molar-refractivity contribution < 1.29 is 9.53 Å². The van der Waals surface area contributed by atoms with Crippen LogP contribution in [0.2, 0.25) is 0 Å². The third kappa shape index (κ3) is 3.43. The number of carbonyl (C=O) groups is 1. The lowest BCUT2D eigenvalue weighted by molar-refractivity contribution is 0.102. The molecule has 0 radical (unpaired) electrons. The van der Waals surface area contributed by atoms with Crippen LogP contribution in [0.4, 0.5) is 11.4 Å². The van der Waals surface area contributed by atoms with Gasteiger partial charge in [-0.1, -0.05) is 12.1 Å². The summed E-state index contributed by atoms with van der Waals surface area (Å²) in [7, 11) is 0. The summed E-state index contributed by atoms with van der Waals surface area (Å²) in [4.78, 5) is 18.8. The molecule has 132 valence electrons. The van der Waals surface area contributed by atoms with Crippen molar-refractivity contribution in [1.29, 1.82) is 0 Å². The number of nitrogens with one attached hydrogen (secondary N) is 1. The first-order chi connectivity index (χ1) is 12.8. The summed E-state index contributed by atoms with van der Waals surface area (Å²) < 4.78 is 7.06. The summed E-state index contributed by atoms with van der Waals surface area (Å²) in [6.07, 6.45) is 3.09. The number of hydrogen-bond acceptors (Lipinski definition) is 5. The number of nitrogens with zero attached hydrogens (tertiary/aromatic N) is 4. The predicted octanol–water partition coefficient (Wildman–Crippen LogP) is 2.36. The van der Waals surface area contributed by atoms with Crippen LogP contribution in [0.3, 0.4) is 0 Å². The molecule has 0 atom stereocenters. The molecule has 1 aromatic heterocycles. The maximum absolute atomic E-state index is 12.7. The lowest BCUT2D eigenvalue weighted by Gasteiger charge is -2.30. The molecule has 2 heterocycles. The first-order valence-electron chi connectivity index (χ1n) is 8.49. The fourth-order valence-corrected chi connectivity index (χ4v) is 2.96. The van der Waals surface area contributed by atoms with Crippen molar-refractivity contribution in [2.24, 2.45) is 0 Å². The molecule has 1 aliphatic rings. The zero-order valence-corrected chi connectivity index (χ0v) is 14.2. The molecule has 1 aliphatic heterocycles. The maximum atomic E-state index is 12.7. The van der Waals surface area contributed by atoms with Gasteiger partial charge >= 0.3 is 0 Å². The number of amides is 1. The minimum atomic E-state index is -0.143. The van der Waals surface area contributed by atoms with Crippen LogP contribution in [0.15, 0.2) is 61.2 Å². The summed E-state index contributed by atoms with van der Waals surface area (Å²) in [6, 6.07) is 15.1. The number of morpholine rings is 1. The van der Waals surface area contributed by atoms with Crippen LogP contribution in [-0.4, -0.2) is 47.0 Å². The second kappa shape index (κ2) is 7.37. The molecule has 1 amide bonds. The van der Waals surface area contributed by atoms with Crippen LogP contribution in [0, 0.1) is 0 Å². The number of aromatic nitrogens is 3. The molecule has 3 aromatic rings. The van der Waals surface area contributed by atoms with Crippen LogP contribution >= 0.6 is 0 Å². The second-order valence-electron chi connectivity index (χ2n) is 5.96. The van der Waals surface area contributed by atoms with E-state index < -0.39 is 0 Å². The second-order valence-corrected chi connectivity index (χ2v) is 5.96.